The lowest BCUT2D eigenvalue weighted by Crippen LogP contribution is -2.19. The highest BCUT2D eigenvalue weighted by Gasteiger charge is 2.09. The zero-order valence-electron chi connectivity index (χ0n) is 12.9. The van der Waals surface area contributed by atoms with Crippen molar-refractivity contribution in [3.05, 3.63) is 51.3 Å². The normalized spacial score (nSPS) is 11.5. The third-order valence-electron chi connectivity index (χ3n) is 3.49. The highest BCUT2D eigenvalue weighted by Crippen LogP contribution is 2.12. The van der Waals surface area contributed by atoms with Crippen LogP contribution in [-0.4, -0.2) is 21.8 Å². The number of benzene rings is 1. The van der Waals surface area contributed by atoms with Gasteiger partial charge in [0.2, 0.25) is 5.91 Å². The van der Waals surface area contributed by atoms with Crippen LogP contribution in [0.3, 0.4) is 0 Å². The van der Waals surface area contributed by atoms with Gasteiger partial charge in [-0.05, 0) is 50.5 Å². The van der Waals surface area contributed by atoms with Crippen LogP contribution in [0.4, 0.5) is 0 Å². The van der Waals surface area contributed by atoms with Crippen LogP contribution in [0.2, 0.25) is 0 Å². The Labute approximate surface area is 138 Å². The number of aryl methyl sites for hydroxylation is 2. The molecule has 0 unspecified atom stereocenters. The van der Waals surface area contributed by atoms with Gasteiger partial charge in [0.25, 0.3) is 0 Å². The van der Waals surface area contributed by atoms with Crippen molar-refractivity contribution < 1.29 is 4.79 Å². The summed E-state index contributed by atoms with van der Waals surface area (Å²) in [5.74, 6) is -0.100. The Hall–Kier alpha value is -1.95. The molecule has 0 aliphatic rings. The number of amides is 1. The first-order valence-electron chi connectivity index (χ1n) is 7.07. The summed E-state index contributed by atoms with van der Waals surface area (Å²) in [4.78, 5) is 11.9. The zero-order valence-corrected chi connectivity index (χ0v) is 14.5. The predicted molar refractivity (Wildman–Crippen MR) is 90.9 cm³/mol. The van der Waals surface area contributed by atoms with Gasteiger partial charge in [0.05, 0.1) is 11.4 Å². The number of rotatable bonds is 5. The van der Waals surface area contributed by atoms with E-state index in [0.29, 0.717) is 12.8 Å². The Morgan fingerprint density at radius 3 is 2.59 bits per heavy atom. The SMILES string of the molecule is C/C(=N/NC(=O)CCc1c(C)n[nH]c1C)c1ccc(Br)cc1. The molecular formula is C16H19BrN4O. The first-order valence-corrected chi connectivity index (χ1v) is 7.86. The van der Waals surface area contributed by atoms with E-state index in [-0.39, 0.29) is 5.91 Å². The van der Waals surface area contributed by atoms with Crippen LogP contribution in [0.15, 0.2) is 33.8 Å². The third kappa shape index (κ3) is 4.27. The minimum atomic E-state index is -0.100. The van der Waals surface area contributed by atoms with Gasteiger partial charge in [-0.25, -0.2) is 5.43 Å². The summed E-state index contributed by atoms with van der Waals surface area (Å²) in [5, 5.41) is 11.2. The average Bonchev–Trinajstić information content (AvgIpc) is 2.82. The van der Waals surface area contributed by atoms with Crippen molar-refractivity contribution in [3.8, 4) is 0 Å². The van der Waals surface area contributed by atoms with Gasteiger partial charge in [-0.2, -0.15) is 10.2 Å². The van der Waals surface area contributed by atoms with Crippen molar-refractivity contribution in [2.45, 2.75) is 33.6 Å². The Morgan fingerprint density at radius 1 is 1.32 bits per heavy atom. The molecule has 0 aliphatic carbocycles. The van der Waals surface area contributed by atoms with E-state index in [1.807, 2.05) is 45.0 Å². The lowest BCUT2D eigenvalue weighted by atomic mass is 10.1. The number of hydrazone groups is 1. The lowest BCUT2D eigenvalue weighted by Gasteiger charge is -2.04. The van der Waals surface area contributed by atoms with Crippen molar-refractivity contribution in [1.82, 2.24) is 15.6 Å². The minimum absolute atomic E-state index is 0.100. The summed E-state index contributed by atoms with van der Waals surface area (Å²) in [6.45, 7) is 5.77. The van der Waals surface area contributed by atoms with Gasteiger partial charge in [0.1, 0.15) is 0 Å². The summed E-state index contributed by atoms with van der Waals surface area (Å²) >= 11 is 3.39. The van der Waals surface area contributed by atoms with E-state index in [2.05, 4.69) is 36.7 Å². The van der Waals surface area contributed by atoms with Gasteiger partial charge in [-0.1, -0.05) is 28.1 Å². The van der Waals surface area contributed by atoms with E-state index in [4.69, 9.17) is 0 Å². The second-order valence-corrected chi connectivity index (χ2v) is 6.07. The Balaban J connectivity index is 1.89. The molecule has 0 radical (unpaired) electrons. The number of nitrogens with one attached hydrogen (secondary N) is 2. The third-order valence-corrected chi connectivity index (χ3v) is 4.02. The van der Waals surface area contributed by atoms with Crippen LogP contribution in [0.5, 0.6) is 0 Å². The average molecular weight is 363 g/mol. The zero-order chi connectivity index (χ0) is 16.1. The number of aromatic amines is 1. The molecule has 1 aromatic heterocycles. The molecule has 22 heavy (non-hydrogen) atoms. The minimum Gasteiger partial charge on any atom is -0.282 e. The van der Waals surface area contributed by atoms with E-state index in [9.17, 15) is 4.79 Å². The van der Waals surface area contributed by atoms with Crippen molar-refractivity contribution in [1.29, 1.82) is 0 Å². The van der Waals surface area contributed by atoms with Crippen molar-refractivity contribution in [2.75, 3.05) is 0 Å². The summed E-state index contributed by atoms with van der Waals surface area (Å²) < 4.78 is 1.01. The van der Waals surface area contributed by atoms with E-state index < -0.39 is 0 Å². The predicted octanol–water partition coefficient (Wildman–Crippen LogP) is 3.26. The van der Waals surface area contributed by atoms with Crippen LogP contribution in [0.1, 0.15) is 35.9 Å². The quantitative estimate of drug-likeness (QED) is 0.632. The molecule has 0 aliphatic heterocycles. The monoisotopic (exact) mass is 362 g/mol. The molecule has 0 atom stereocenters. The van der Waals surface area contributed by atoms with Crippen LogP contribution < -0.4 is 5.43 Å². The van der Waals surface area contributed by atoms with E-state index in [1.165, 1.54) is 0 Å². The number of carbonyl (C=O) groups excluding carboxylic acids is 1. The molecule has 0 fully saturated rings. The molecule has 2 rings (SSSR count). The maximum atomic E-state index is 11.9. The topological polar surface area (TPSA) is 70.1 Å². The Kier molecular flexibility index (Phi) is 5.49. The fourth-order valence-electron chi connectivity index (χ4n) is 2.14. The van der Waals surface area contributed by atoms with Gasteiger partial charge >= 0.3 is 0 Å². The molecular weight excluding hydrogens is 344 g/mol. The fourth-order valence-corrected chi connectivity index (χ4v) is 2.40. The van der Waals surface area contributed by atoms with Gasteiger partial charge < -0.3 is 0 Å². The molecule has 6 heteroatoms. The molecule has 1 aromatic carbocycles. The van der Waals surface area contributed by atoms with Crippen molar-refractivity contribution >= 4 is 27.5 Å². The molecule has 0 spiro atoms. The van der Waals surface area contributed by atoms with E-state index in [0.717, 1.165) is 32.7 Å². The number of carbonyl (C=O) groups is 1. The summed E-state index contributed by atoms with van der Waals surface area (Å²) in [7, 11) is 0. The summed E-state index contributed by atoms with van der Waals surface area (Å²) in [5.41, 5.74) is 7.41. The number of nitrogens with zero attached hydrogens (tertiary/aromatic N) is 2. The van der Waals surface area contributed by atoms with E-state index >= 15 is 0 Å². The van der Waals surface area contributed by atoms with Gasteiger partial charge in [0, 0.05) is 16.6 Å². The maximum absolute atomic E-state index is 11.9. The highest BCUT2D eigenvalue weighted by atomic mass is 79.9. The second kappa shape index (κ2) is 7.35. The van der Waals surface area contributed by atoms with Crippen LogP contribution >= 0.6 is 15.9 Å². The summed E-state index contributed by atoms with van der Waals surface area (Å²) in [6.07, 6.45) is 1.05. The largest absolute Gasteiger partial charge is 0.282 e. The highest BCUT2D eigenvalue weighted by molar-refractivity contribution is 9.10. The number of aromatic nitrogens is 2. The Morgan fingerprint density at radius 2 is 2.00 bits per heavy atom. The first-order chi connectivity index (χ1) is 10.5. The molecule has 2 aromatic rings. The number of halogens is 1. The fraction of sp³-hybridized carbons (Fsp3) is 0.312. The number of hydrogen-bond acceptors (Lipinski definition) is 3. The molecule has 0 saturated carbocycles. The number of H-pyrrole nitrogens is 1. The molecule has 2 N–H and O–H groups in total. The van der Waals surface area contributed by atoms with Gasteiger partial charge in [-0.3, -0.25) is 9.89 Å². The molecule has 1 heterocycles. The number of hydrogen-bond donors (Lipinski definition) is 2. The first kappa shape index (κ1) is 16.4. The smallest absolute Gasteiger partial charge is 0.240 e. The van der Waals surface area contributed by atoms with Crippen LogP contribution in [0, 0.1) is 13.8 Å². The van der Waals surface area contributed by atoms with E-state index in [1.54, 1.807) is 0 Å². The van der Waals surface area contributed by atoms with Gasteiger partial charge in [-0.15, -0.1) is 0 Å². The second-order valence-electron chi connectivity index (χ2n) is 5.15. The van der Waals surface area contributed by atoms with Crippen molar-refractivity contribution in [2.24, 2.45) is 5.10 Å². The molecule has 0 bridgehead atoms. The maximum Gasteiger partial charge on any atom is 0.240 e. The van der Waals surface area contributed by atoms with Crippen LogP contribution in [-0.2, 0) is 11.2 Å². The molecule has 5 nitrogen and oxygen atoms in total. The Bertz CT molecular complexity index is 669. The molecule has 0 saturated heterocycles. The molecule has 116 valence electrons. The standard InChI is InChI=1S/C16H19BrN4O/c1-10(13-4-6-14(17)7-5-13)18-21-16(22)9-8-15-11(2)19-20-12(15)3/h4-7H,8-9H2,1-3H3,(H,19,20)(H,21,22)/b18-10-. The van der Waals surface area contributed by atoms with Crippen LogP contribution in [0.25, 0.3) is 0 Å². The molecule has 1 amide bonds. The van der Waals surface area contributed by atoms with Crippen molar-refractivity contribution in [3.63, 3.8) is 0 Å². The summed E-state index contributed by atoms with van der Waals surface area (Å²) in [6, 6.07) is 7.79. The van der Waals surface area contributed by atoms with Gasteiger partial charge in [0.15, 0.2) is 0 Å². The lowest BCUT2D eigenvalue weighted by molar-refractivity contribution is -0.121.